The quantitative estimate of drug-likeness (QED) is 0.591. The van der Waals surface area contributed by atoms with E-state index in [-0.39, 0.29) is 12.0 Å². The number of rotatable bonds is 7. The van der Waals surface area contributed by atoms with Gasteiger partial charge in [-0.3, -0.25) is 0 Å². The van der Waals surface area contributed by atoms with Crippen molar-refractivity contribution in [2.24, 2.45) is 5.41 Å². The molecule has 0 unspecified atom stereocenters. The van der Waals surface area contributed by atoms with Gasteiger partial charge in [-0.1, -0.05) is 73.9 Å². The molecule has 0 heterocycles. The van der Waals surface area contributed by atoms with E-state index in [1.165, 1.54) is 16.7 Å². The van der Waals surface area contributed by atoms with Crippen LogP contribution >= 0.6 is 0 Å². The second-order valence-electron chi connectivity index (χ2n) is 6.38. The van der Waals surface area contributed by atoms with Gasteiger partial charge in [0.2, 0.25) is 0 Å². The Morgan fingerprint density at radius 2 is 1.57 bits per heavy atom. The molecule has 0 atom stereocenters. The van der Waals surface area contributed by atoms with Crippen LogP contribution in [-0.4, -0.2) is 11.7 Å². The van der Waals surface area contributed by atoms with Gasteiger partial charge in [-0.25, -0.2) is 0 Å². The first-order valence-corrected chi connectivity index (χ1v) is 7.73. The lowest BCUT2D eigenvalue weighted by molar-refractivity contribution is 0.342. The van der Waals surface area contributed by atoms with Gasteiger partial charge in [-0.2, -0.15) is 0 Å². The molecule has 0 aromatic rings. The SMILES string of the molecule is CCC(C)(C)C(/C=C/C(C)=C/C=C/C(C)=C/CO)=C(C)C. The summed E-state index contributed by atoms with van der Waals surface area (Å²) in [7, 11) is 0. The minimum atomic E-state index is 0.0921. The van der Waals surface area contributed by atoms with Gasteiger partial charge < -0.3 is 5.11 Å². The van der Waals surface area contributed by atoms with Gasteiger partial charge in [-0.15, -0.1) is 0 Å². The maximum Gasteiger partial charge on any atom is 0.0617 e. The normalized spacial score (nSPS) is 14.3. The lowest BCUT2D eigenvalue weighted by Crippen LogP contribution is -2.13. The molecule has 1 nitrogen and oxygen atoms in total. The Kier molecular flexibility index (Phi) is 8.96. The predicted molar refractivity (Wildman–Crippen MR) is 95.3 cm³/mol. The molecule has 0 aromatic heterocycles. The zero-order chi connectivity index (χ0) is 16.5. The Morgan fingerprint density at radius 3 is 2.05 bits per heavy atom. The summed E-state index contributed by atoms with van der Waals surface area (Å²) in [6.07, 6.45) is 13.5. The summed E-state index contributed by atoms with van der Waals surface area (Å²) in [5, 5.41) is 8.80. The molecule has 1 heteroatoms. The third kappa shape index (κ3) is 7.87. The largest absolute Gasteiger partial charge is 0.392 e. The molecule has 0 bridgehead atoms. The third-order valence-electron chi connectivity index (χ3n) is 3.80. The van der Waals surface area contributed by atoms with Crippen molar-refractivity contribution in [3.05, 3.63) is 58.7 Å². The Labute approximate surface area is 131 Å². The van der Waals surface area contributed by atoms with E-state index in [4.69, 9.17) is 5.11 Å². The van der Waals surface area contributed by atoms with Crippen LogP contribution in [0.3, 0.4) is 0 Å². The fourth-order valence-corrected chi connectivity index (χ4v) is 2.09. The number of hydrogen-bond donors (Lipinski definition) is 1. The average Bonchev–Trinajstić information content (AvgIpc) is 2.38. The molecule has 0 radical (unpaired) electrons. The molecule has 0 aromatic carbocycles. The molecular weight excluding hydrogens is 256 g/mol. The lowest BCUT2D eigenvalue weighted by Gasteiger charge is -2.26. The zero-order valence-corrected chi connectivity index (χ0v) is 14.8. The van der Waals surface area contributed by atoms with Gasteiger partial charge in [0.15, 0.2) is 0 Å². The number of aliphatic hydroxyl groups excluding tert-OH is 1. The molecular formula is C20H32O. The van der Waals surface area contributed by atoms with Gasteiger partial charge in [0.25, 0.3) is 0 Å². The molecule has 21 heavy (non-hydrogen) atoms. The van der Waals surface area contributed by atoms with Crippen molar-refractivity contribution < 1.29 is 5.11 Å². The van der Waals surface area contributed by atoms with Crippen LogP contribution in [-0.2, 0) is 0 Å². The molecule has 0 rings (SSSR count). The summed E-state index contributed by atoms with van der Waals surface area (Å²) in [6, 6.07) is 0. The summed E-state index contributed by atoms with van der Waals surface area (Å²) in [5.74, 6) is 0. The maximum atomic E-state index is 8.80. The third-order valence-corrected chi connectivity index (χ3v) is 3.80. The first-order chi connectivity index (χ1) is 9.74. The lowest BCUT2D eigenvalue weighted by atomic mass is 9.79. The molecule has 0 amide bonds. The van der Waals surface area contributed by atoms with Gasteiger partial charge in [0, 0.05) is 0 Å². The molecule has 0 saturated heterocycles. The second-order valence-corrected chi connectivity index (χ2v) is 6.38. The van der Waals surface area contributed by atoms with Gasteiger partial charge in [-0.05, 0) is 45.1 Å². The smallest absolute Gasteiger partial charge is 0.0617 e. The van der Waals surface area contributed by atoms with Crippen molar-refractivity contribution in [3.8, 4) is 0 Å². The van der Waals surface area contributed by atoms with E-state index in [0.29, 0.717) is 0 Å². The first kappa shape index (κ1) is 19.7. The van der Waals surface area contributed by atoms with Crippen molar-refractivity contribution in [1.29, 1.82) is 0 Å². The highest BCUT2D eigenvalue weighted by Crippen LogP contribution is 2.33. The standard InChI is InChI=1S/C20H32O/c1-8-20(6,7)19(16(2)3)13-12-17(4)10-9-11-18(5)14-15-21/h9-14,21H,8,15H2,1-7H3/b11-9+,13-12+,17-10+,18-14+. The predicted octanol–water partition coefficient (Wildman–Crippen LogP) is 5.76. The van der Waals surface area contributed by atoms with E-state index in [1.807, 2.05) is 19.1 Å². The highest BCUT2D eigenvalue weighted by Gasteiger charge is 2.19. The van der Waals surface area contributed by atoms with E-state index in [9.17, 15) is 0 Å². The molecule has 0 aliphatic carbocycles. The Balaban J connectivity index is 5.02. The topological polar surface area (TPSA) is 20.2 Å². The first-order valence-electron chi connectivity index (χ1n) is 7.73. The number of allylic oxidation sites excluding steroid dienone is 9. The van der Waals surface area contributed by atoms with Gasteiger partial charge in [0.05, 0.1) is 6.61 Å². The van der Waals surface area contributed by atoms with E-state index in [2.05, 4.69) is 59.8 Å². The highest BCUT2D eigenvalue weighted by atomic mass is 16.2. The van der Waals surface area contributed by atoms with Crippen molar-refractivity contribution in [1.82, 2.24) is 0 Å². The molecule has 0 aliphatic heterocycles. The van der Waals surface area contributed by atoms with Crippen LogP contribution in [0.25, 0.3) is 0 Å². The molecule has 0 aliphatic rings. The van der Waals surface area contributed by atoms with E-state index < -0.39 is 0 Å². The van der Waals surface area contributed by atoms with Crippen LogP contribution in [0.15, 0.2) is 58.7 Å². The Morgan fingerprint density at radius 1 is 0.952 bits per heavy atom. The Hall–Kier alpha value is -1.34. The van der Waals surface area contributed by atoms with Crippen LogP contribution in [0.2, 0.25) is 0 Å². The van der Waals surface area contributed by atoms with E-state index >= 15 is 0 Å². The second kappa shape index (κ2) is 9.57. The summed E-state index contributed by atoms with van der Waals surface area (Å²) < 4.78 is 0. The van der Waals surface area contributed by atoms with Crippen LogP contribution in [0.4, 0.5) is 0 Å². The number of hydrogen-bond acceptors (Lipinski definition) is 1. The maximum absolute atomic E-state index is 8.80. The fraction of sp³-hybridized carbons (Fsp3) is 0.500. The summed E-state index contributed by atoms with van der Waals surface area (Å²) >= 11 is 0. The number of aliphatic hydroxyl groups is 1. The fourth-order valence-electron chi connectivity index (χ4n) is 2.09. The van der Waals surface area contributed by atoms with Crippen LogP contribution < -0.4 is 0 Å². The molecule has 0 fully saturated rings. The molecule has 0 saturated carbocycles. The van der Waals surface area contributed by atoms with Gasteiger partial charge >= 0.3 is 0 Å². The Bertz CT molecular complexity index is 464. The van der Waals surface area contributed by atoms with Crippen molar-refractivity contribution >= 4 is 0 Å². The van der Waals surface area contributed by atoms with Crippen molar-refractivity contribution in [2.45, 2.75) is 54.9 Å². The minimum absolute atomic E-state index is 0.0921. The summed E-state index contributed by atoms with van der Waals surface area (Å²) in [6.45, 7) is 15.4. The van der Waals surface area contributed by atoms with Crippen molar-refractivity contribution in [2.75, 3.05) is 6.61 Å². The summed E-state index contributed by atoms with van der Waals surface area (Å²) in [4.78, 5) is 0. The monoisotopic (exact) mass is 288 g/mol. The van der Waals surface area contributed by atoms with Crippen molar-refractivity contribution in [3.63, 3.8) is 0 Å². The zero-order valence-electron chi connectivity index (χ0n) is 14.8. The highest BCUT2D eigenvalue weighted by molar-refractivity contribution is 5.35. The van der Waals surface area contributed by atoms with Crippen LogP contribution in [0.5, 0.6) is 0 Å². The van der Waals surface area contributed by atoms with E-state index in [0.717, 1.165) is 12.0 Å². The molecule has 118 valence electrons. The van der Waals surface area contributed by atoms with E-state index in [1.54, 1.807) is 6.08 Å². The van der Waals surface area contributed by atoms with Crippen LogP contribution in [0, 0.1) is 5.41 Å². The van der Waals surface area contributed by atoms with Crippen LogP contribution in [0.1, 0.15) is 54.9 Å². The summed E-state index contributed by atoms with van der Waals surface area (Å²) in [5.41, 5.74) is 5.30. The average molecular weight is 288 g/mol. The minimum Gasteiger partial charge on any atom is -0.392 e. The molecule has 1 N–H and O–H groups in total. The van der Waals surface area contributed by atoms with Gasteiger partial charge in [0.1, 0.15) is 0 Å². The molecule has 0 spiro atoms.